The van der Waals surface area contributed by atoms with Gasteiger partial charge in [-0.25, -0.2) is 44.9 Å². The van der Waals surface area contributed by atoms with Crippen LogP contribution >= 0.6 is 0 Å². The van der Waals surface area contributed by atoms with Gasteiger partial charge in [-0.3, -0.25) is 29.9 Å². The molecule has 0 unspecified atom stereocenters. The highest BCUT2D eigenvalue weighted by Crippen LogP contribution is 2.15. The average Bonchev–Trinajstić information content (AvgIpc) is 1.01. The molecule has 15 heteroatoms. The minimum Gasteiger partial charge on any atom is -0.261 e. The average molecular weight is 1310 g/mol. The maximum atomic E-state index is 4.38. The highest BCUT2D eigenvalue weighted by atomic mass is 15.0. The zero-order valence-electron chi connectivity index (χ0n) is 64.1. The fourth-order valence-corrected chi connectivity index (χ4v) is 6.56. The van der Waals surface area contributed by atoms with Crippen molar-refractivity contribution in [2.45, 2.75) is 187 Å². The van der Waals surface area contributed by atoms with Gasteiger partial charge in [-0.2, -0.15) is 0 Å². The normalized spacial score (nSPS) is 8.36. The van der Waals surface area contributed by atoms with E-state index in [9.17, 15) is 0 Å². The maximum absolute atomic E-state index is 4.38. The predicted octanol–water partition coefficient (Wildman–Crippen LogP) is 22.7. The number of aryl methyl sites for hydroxylation is 9. The summed E-state index contributed by atoms with van der Waals surface area (Å²) in [5.74, 6) is 1.58. The predicted molar refractivity (Wildman–Crippen MR) is 420 cm³/mol. The Kier molecular flexibility index (Phi) is 69.1. The number of aromatic nitrogens is 15. The van der Waals surface area contributed by atoms with Crippen LogP contribution in [0.4, 0.5) is 0 Å². The van der Waals surface area contributed by atoms with Crippen LogP contribution in [-0.4, -0.2) is 74.8 Å². The molecule has 9 aromatic heterocycles. The fraction of sp³-hybridized carbons (Fsp3) is 0.329. The zero-order valence-corrected chi connectivity index (χ0v) is 64.1. The number of hydrogen-bond donors (Lipinski definition) is 0. The van der Waals surface area contributed by atoms with Gasteiger partial charge >= 0.3 is 0 Å². The van der Waals surface area contributed by atoms with E-state index in [4.69, 9.17) is 0 Å². The maximum Gasteiger partial charge on any atom is 0.128 e. The summed E-state index contributed by atoms with van der Waals surface area (Å²) in [6, 6.07) is 46.7. The summed E-state index contributed by atoms with van der Waals surface area (Å²) in [4.78, 5) is 58.9. The summed E-state index contributed by atoms with van der Waals surface area (Å²) in [5.41, 5.74) is 10.9. The molecule has 0 aliphatic rings. The Balaban J connectivity index is -0.000000319. The van der Waals surface area contributed by atoms with Gasteiger partial charge in [0.05, 0.1) is 22.2 Å². The van der Waals surface area contributed by atoms with Crippen molar-refractivity contribution < 1.29 is 0 Å². The van der Waals surface area contributed by atoms with E-state index in [2.05, 4.69) is 137 Å². The molecule has 0 fully saturated rings. The third kappa shape index (κ3) is 49.1. The third-order valence-electron chi connectivity index (χ3n) is 10.5. The van der Waals surface area contributed by atoms with E-state index in [0.29, 0.717) is 0 Å². The van der Waals surface area contributed by atoms with Crippen molar-refractivity contribution in [3.05, 3.63) is 284 Å². The van der Waals surface area contributed by atoms with Crippen LogP contribution in [-0.2, 0) is 0 Å². The standard InChI is InChI=1S/4C10H9N.4C5H6N2.C4H5N3.9C2H6/c1-8-6-9-4-2-3-5-10(9)7-11-8;1-8-6-9-4-2-3-5-10(9)11-7-8;1-8-6-7-11-10-5-3-2-4-9(8)10;1-8-6-7-9-4-2-3-5-10(9)11-8;1-5-2-6-4-7-3-5;1-5-4-6-2-3-7-5;1-5-2-3-6-4-7-5;1-5-6-3-2-4-7-5;1-4-6-2-5-3-7-4;9*1-2/h4*2-7H,1H3;4*2-4H,1H3;2-3H,1H3;9*1-2H3. The molecular weight excluding hydrogens is 1200 g/mol. The molecule has 0 radical (unpaired) electrons. The molecule has 0 aliphatic carbocycles. The van der Waals surface area contributed by atoms with Gasteiger partial charge in [0.25, 0.3) is 0 Å². The van der Waals surface area contributed by atoms with Gasteiger partial charge in [0.15, 0.2) is 0 Å². The highest BCUT2D eigenvalue weighted by molar-refractivity contribution is 5.82. The minimum atomic E-state index is 0.759. The van der Waals surface area contributed by atoms with Crippen LogP contribution in [0.2, 0.25) is 0 Å². The van der Waals surface area contributed by atoms with Crippen molar-refractivity contribution in [3.63, 3.8) is 0 Å². The van der Waals surface area contributed by atoms with Crippen molar-refractivity contribution in [2.75, 3.05) is 0 Å². The molecule has 0 saturated carbocycles. The summed E-state index contributed by atoms with van der Waals surface area (Å²) in [7, 11) is 0. The van der Waals surface area contributed by atoms with Crippen LogP contribution in [0.25, 0.3) is 43.5 Å². The van der Waals surface area contributed by atoms with Crippen molar-refractivity contribution in [3.8, 4) is 0 Å². The van der Waals surface area contributed by atoms with Gasteiger partial charge in [0.1, 0.15) is 37.0 Å². The van der Waals surface area contributed by atoms with Crippen LogP contribution in [0.15, 0.2) is 233 Å². The van der Waals surface area contributed by atoms with E-state index in [1.54, 1.807) is 55.6 Å². The van der Waals surface area contributed by atoms with Crippen molar-refractivity contribution in [1.82, 2.24) is 74.8 Å². The second kappa shape index (κ2) is 70.2. The van der Waals surface area contributed by atoms with Crippen LogP contribution in [0, 0.1) is 62.3 Å². The molecule has 522 valence electrons. The van der Waals surface area contributed by atoms with Gasteiger partial charge < -0.3 is 0 Å². The Hall–Kier alpha value is -10.2. The van der Waals surface area contributed by atoms with Crippen LogP contribution in [0.5, 0.6) is 0 Å². The first-order valence-corrected chi connectivity index (χ1v) is 34.2. The number of fused-ring (bicyclic) bond motifs is 4. The molecule has 0 atom stereocenters. The lowest BCUT2D eigenvalue weighted by atomic mass is 10.1. The zero-order chi connectivity index (χ0) is 74.3. The second-order valence-corrected chi connectivity index (χ2v) is 17.3. The molecule has 0 N–H and O–H groups in total. The summed E-state index contributed by atoms with van der Waals surface area (Å²) >= 11 is 0. The summed E-state index contributed by atoms with van der Waals surface area (Å²) < 4.78 is 0. The molecule has 13 rings (SSSR count). The van der Waals surface area contributed by atoms with E-state index in [1.165, 1.54) is 63.4 Å². The molecular formula is C82H119N15. The largest absolute Gasteiger partial charge is 0.261 e. The first-order valence-electron chi connectivity index (χ1n) is 34.2. The van der Waals surface area contributed by atoms with Crippen LogP contribution in [0.3, 0.4) is 0 Å². The number of rotatable bonds is 0. The topological polar surface area (TPSA) is 193 Å². The fourth-order valence-electron chi connectivity index (χ4n) is 6.56. The Bertz CT molecular complexity index is 3320. The Labute approximate surface area is 586 Å². The van der Waals surface area contributed by atoms with Crippen molar-refractivity contribution in [2.24, 2.45) is 0 Å². The molecule has 0 aliphatic heterocycles. The van der Waals surface area contributed by atoms with E-state index in [1.807, 2.05) is 277 Å². The van der Waals surface area contributed by atoms with Crippen molar-refractivity contribution >= 4 is 43.5 Å². The Morgan fingerprint density at radius 3 is 1.20 bits per heavy atom. The van der Waals surface area contributed by atoms with E-state index < -0.39 is 0 Å². The molecule has 0 bridgehead atoms. The van der Waals surface area contributed by atoms with Crippen molar-refractivity contribution in [1.29, 1.82) is 0 Å². The molecule has 0 amide bonds. The molecule has 13 aromatic rings. The van der Waals surface area contributed by atoms with E-state index >= 15 is 0 Å². The summed E-state index contributed by atoms with van der Waals surface area (Å²) in [6.07, 6.45) is 25.4. The van der Waals surface area contributed by atoms with Gasteiger partial charge in [0.2, 0.25) is 0 Å². The van der Waals surface area contributed by atoms with Gasteiger partial charge in [-0.1, -0.05) is 210 Å². The first kappa shape index (κ1) is 95.5. The van der Waals surface area contributed by atoms with Crippen LogP contribution < -0.4 is 0 Å². The lowest BCUT2D eigenvalue weighted by Crippen LogP contribution is -1.84. The molecule has 0 saturated heterocycles. The first-order chi connectivity index (χ1) is 47.4. The number of benzene rings is 4. The third-order valence-corrected chi connectivity index (χ3v) is 10.5. The van der Waals surface area contributed by atoms with Crippen LogP contribution in [0.1, 0.15) is 176 Å². The van der Waals surface area contributed by atoms with Gasteiger partial charge in [-0.05, 0) is 139 Å². The lowest BCUT2D eigenvalue weighted by molar-refractivity contribution is 0.974. The molecule has 15 nitrogen and oxygen atoms in total. The Morgan fingerprint density at radius 1 is 0.227 bits per heavy atom. The molecule has 0 spiro atoms. The Morgan fingerprint density at radius 2 is 0.742 bits per heavy atom. The van der Waals surface area contributed by atoms with Gasteiger partial charge in [0, 0.05) is 107 Å². The molecule has 4 aromatic carbocycles. The summed E-state index contributed by atoms with van der Waals surface area (Å²) in [5, 5.41) is 6.14. The van der Waals surface area contributed by atoms with E-state index in [0.717, 1.165) is 56.5 Å². The molecule has 9 heterocycles. The monoisotopic (exact) mass is 1310 g/mol. The highest BCUT2D eigenvalue weighted by Gasteiger charge is 1.95. The van der Waals surface area contributed by atoms with E-state index in [-0.39, 0.29) is 0 Å². The minimum absolute atomic E-state index is 0.759. The number of para-hydroxylation sites is 3. The van der Waals surface area contributed by atoms with Gasteiger partial charge in [-0.15, -0.1) is 0 Å². The second-order valence-electron chi connectivity index (χ2n) is 17.3. The lowest BCUT2D eigenvalue weighted by Gasteiger charge is -1.97. The smallest absolute Gasteiger partial charge is 0.128 e. The number of nitrogens with zero attached hydrogens (tertiary/aromatic N) is 15. The molecule has 97 heavy (non-hydrogen) atoms. The number of hydrogen-bond acceptors (Lipinski definition) is 15. The SMILES string of the molecule is CC.CC.CC.CC.CC.CC.CC.CC.CC.Cc1cc2ccccc2cn1.Cc1ccc2ccccc2n1.Cc1ccnc2ccccc12.Cc1ccncn1.Cc1cnc2ccccc2c1.Cc1cnccn1.Cc1cncnc1.Cc1ncccn1.Cc1ncncn1. The summed E-state index contributed by atoms with van der Waals surface area (Å²) in [6.45, 7) is 53.7. The number of pyridine rings is 4. The quantitative estimate of drug-likeness (QED) is 0.139.